The van der Waals surface area contributed by atoms with E-state index in [0.717, 1.165) is 0 Å². The van der Waals surface area contributed by atoms with Crippen LogP contribution in [0.5, 0.6) is 0 Å². The van der Waals surface area contributed by atoms with Gasteiger partial charge in [-0.25, -0.2) is 0 Å². The second-order valence-electron chi connectivity index (χ2n) is 1.73. The summed E-state index contributed by atoms with van der Waals surface area (Å²) in [6.07, 6.45) is 0. The molecule has 0 saturated carbocycles. The molecule has 0 heterocycles. The van der Waals surface area contributed by atoms with E-state index in [1.807, 2.05) is 0 Å². The van der Waals surface area contributed by atoms with Crippen molar-refractivity contribution in [3.05, 3.63) is 0 Å². The normalized spacial score (nSPS) is 6.93. The van der Waals surface area contributed by atoms with E-state index in [2.05, 4.69) is 0 Å². The molecule has 8 nitrogen and oxygen atoms in total. The van der Waals surface area contributed by atoms with Crippen molar-refractivity contribution < 1.29 is 40.9 Å². The summed E-state index contributed by atoms with van der Waals surface area (Å²) in [6, 6.07) is 0. The molecule has 0 amide bonds. The van der Waals surface area contributed by atoms with Crippen LogP contribution in [0.15, 0.2) is 0 Å². The number of hydrogen-bond acceptors (Lipinski definition) is 8. The van der Waals surface area contributed by atoms with E-state index >= 15 is 0 Å². The maximum atomic E-state index is 8.93. The van der Waals surface area contributed by atoms with Crippen LogP contribution in [0, 0.1) is 0 Å². The van der Waals surface area contributed by atoms with Gasteiger partial charge in [-0.15, -0.1) is 0 Å². The Labute approximate surface area is 102 Å². The summed E-state index contributed by atoms with van der Waals surface area (Å²) in [7, 11) is 0. The van der Waals surface area contributed by atoms with Crippen LogP contribution in [0.1, 0.15) is 0 Å². The van der Waals surface area contributed by atoms with E-state index in [1.165, 1.54) is 0 Å². The molecule has 9 heteroatoms. The molecule has 0 aliphatic carbocycles. The van der Waals surface area contributed by atoms with Gasteiger partial charge in [0.2, 0.25) is 0 Å². The van der Waals surface area contributed by atoms with Crippen LogP contribution >= 0.6 is 0 Å². The number of aliphatic carboxylic acids is 2. The molecule has 0 spiro atoms. The predicted molar refractivity (Wildman–Crippen MR) is 46.2 cm³/mol. The molecule has 0 rings (SSSR count). The van der Waals surface area contributed by atoms with E-state index in [9.17, 15) is 0 Å². The van der Waals surface area contributed by atoms with Crippen molar-refractivity contribution in [2.24, 2.45) is 22.9 Å². The number of carboxylic acids is 2. The predicted octanol–water partition coefficient (Wildman–Crippen LogP) is -5.71. The Kier molecular flexibility index (Phi) is 37.3. The second kappa shape index (κ2) is 23.4. The first-order valence-electron chi connectivity index (χ1n) is 3.70. The van der Waals surface area contributed by atoms with Crippen molar-refractivity contribution in [3.63, 3.8) is 0 Å². The molecular formula is C6H16N4O4Pt. The minimum absolute atomic E-state index is 0. The van der Waals surface area contributed by atoms with E-state index in [-0.39, 0.29) is 21.1 Å². The van der Waals surface area contributed by atoms with Crippen molar-refractivity contribution in [2.45, 2.75) is 0 Å². The molecule has 15 heavy (non-hydrogen) atoms. The van der Waals surface area contributed by atoms with Gasteiger partial charge in [-0.2, -0.15) is 0 Å². The smallest absolute Gasteiger partial charge is 0.543 e. The van der Waals surface area contributed by atoms with Gasteiger partial charge >= 0.3 is 21.1 Å². The zero-order valence-electron chi connectivity index (χ0n) is 8.09. The van der Waals surface area contributed by atoms with Crippen molar-refractivity contribution in [2.75, 3.05) is 26.2 Å². The van der Waals surface area contributed by atoms with Crippen LogP contribution in [0.2, 0.25) is 0 Å². The molecule has 0 bridgehead atoms. The Hall–Kier alpha value is -0.532. The van der Waals surface area contributed by atoms with E-state index in [0.29, 0.717) is 26.2 Å². The van der Waals surface area contributed by atoms with Gasteiger partial charge in [0.05, 0.1) is 11.9 Å². The van der Waals surface area contributed by atoms with E-state index < -0.39 is 11.9 Å². The average Bonchev–Trinajstić information content (AvgIpc) is 2.18. The number of nitrogens with two attached hydrogens (primary N) is 4. The van der Waals surface area contributed by atoms with Crippen LogP contribution in [-0.4, -0.2) is 38.1 Å². The zero-order valence-corrected chi connectivity index (χ0v) is 10.4. The summed E-state index contributed by atoms with van der Waals surface area (Å²) in [6.45, 7) is 2.39. The van der Waals surface area contributed by atoms with Gasteiger partial charge in [-0.05, 0) is 0 Å². The molecule has 0 aromatic carbocycles. The minimum Gasteiger partial charge on any atom is -0.543 e. The molecule has 94 valence electrons. The second-order valence-corrected chi connectivity index (χ2v) is 1.73. The third-order valence-corrected chi connectivity index (χ3v) is 0.500. The van der Waals surface area contributed by atoms with Gasteiger partial charge in [-0.1, -0.05) is 0 Å². The van der Waals surface area contributed by atoms with Crippen molar-refractivity contribution in [1.29, 1.82) is 0 Å². The van der Waals surface area contributed by atoms with E-state index in [1.54, 1.807) is 0 Å². The Balaban J connectivity index is -0.0000000606. The number of hydrogen-bond donors (Lipinski definition) is 4. The quantitative estimate of drug-likeness (QED) is 0.329. The number of carbonyl (C=O) groups excluding carboxylic acids is 2. The molecule has 0 fully saturated rings. The molecular weight excluding hydrogens is 387 g/mol. The molecule has 0 saturated heterocycles. The SMILES string of the molecule is NCCN.NCCN.O=C([O-])C(=O)[O-].[Pt+2]. The van der Waals surface area contributed by atoms with Gasteiger partial charge in [0.1, 0.15) is 0 Å². The molecule has 0 aromatic heterocycles. The van der Waals surface area contributed by atoms with Gasteiger partial charge in [0.15, 0.2) is 0 Å². The molecule has 0 aliphatic rings. The molecule has 0 radical (unpaired) electrons. The minimum atomic E-state index is -2.19. The third kappa shape index (κ3) is 59.2. The number of rotatable bonds is 2. The molecule has 0 aliphatic heterocycles. The topological polar surface area (TPSA) is 184 Å². The molecule has 0 unspecified atom stereocenters. The largest absolute Gasteiger partial charge is 2.00 e. The van der Waals surface area contributed by atoms with Gasteiger partial charge < -0.3 is 42.7 Å². The fraction of sp³-hybridized carbons (Fsp3) is 0.667. The maximum Gasteiger partial charge on any atom is 2.00 e. The van der Waals surface area contributed by atoms with E-state index in [4.69, 9.17) is 42.7 Å². The van der Waals surface area contributed by atoms with Crippen LogP contribution in [0.4, 0.5) is 0 Å². The Bertz CT molecular complexity index is 127. The first-order chi connectivity index (χ1) is 6.47. The van der Waals surface area contributed by atoms with Crippen LogP contribution in [0.25, 0.3) is 0 Å². The summed E-state index contributed by atoms with van der Waals surface area (Å²) in [5, 5.41) is 17.9. The summed E-state index contributed by atoms with van der Waals surface area (Å²) in [5.41, 5.74) is 19.6. The zero-order chi connectivity index (χ0) is 12.0. The Morgan fingerprint density at radius 1 is 0.733 bits per heavy atom. The maximum absolute atomic E-state index is 8.93. The average molecular weight is 403 g/mol. The van der Waals surface area contributed by atoms with Gasteiger partial charge in [0, 0.05) is 26.2 Å². The first kappa shape index (κ1) is 23.9. The summed E-state index contributed by atoms with van der Waals surface area (Å²) < 4.78 is 0. The van der Waals surface area contributed by atoms with Crippen molar-refractivity contribution in [3.8, 4) is 0 Å². The Morgan fingerprint density at radius 3 is 0.867 bits per heavy atom. The van der Waals surface area contributed by atoms with Gasteiger partial charge in [-0.3, -0.25) is 0 Å². The van der Waals surface area contributed by atoms with Gasteiger partial charge in [0.25, 0.3) is 0 Å². The number of carboxylic acid groups (broad SMARTS) is 2. The summed E-state index contributed by atoms with van der Waals surface area (Å²) >= 11 is 0. The standard InChI is InChI=1S/2C2H8N2.C2H2O4.Pt/c2*3-1-2-4;3-1(4)2(5)6;/h2*1-4H2;(H,3,4)(H,5,6);/q;;;+2/p-2. The fourth-order valence-electron chi connectivity index (χ4n) is 0. The summed E-state index contributed by atoms with van der Waals surface area (Å²) in [4.78, 5) is 17.9. The van der Waals surface area contributed by atoms with Crippen LogP contribution in [0.3, 0.4) is 0 Å². The fourth-order valence-corrected chi connectivity index (χ4v) is 0. The molecule has 0 atom stereocenters. The number of carbonyl (C=O) groups is 2. The molecule has 8 N–H and O–H groups in total. The molecule has 0 aromatic rings. The van der Waals surface area contributed by atoms with Crippen LogP contribution in [-0.2, 0) is 30.7 Å². The van der Waals surface area contributed by atoms with Crippen LogP contribution < -0.4 is 33.1 Å². The monoisotopic (exact) mass is 403 g/mol. The Morgan fingerprint density at radius 2 is 0.867 bits per heavy atom. The van der Waals surface area contributed by atoms with Crippen molar-refractivity contribution in [1.82, 2.24) is 0 Å². The first-order valence-corrected chi connectivity index (χ1v) is 3.70. The summed E-state index contributed by atoms with van der Waals surface area (Å²) in [5.74, 6) is -4.37. The third-order valence-electron chi connectivity index (χ3n) is 0.500. The van der Waals surface area contributed by atoms with Crippen molar-refractivity contribution >= 4 is 11.9 Å².